The molecular weight excluding hydrogens is 844 g/mol. The van der Waals surface area contributed by atoms with Crippen LogP contribution in [0.15, 0.2) is 121 Å². The van der Waals surface area contributed by atoms with E-state index in [9.17, 15) is 18.8 Å². The monoisotopic (exact) mass is 890 g/mol. The number of thiocarbonyl (C=S) groups is 2. The van der Waals surface area contributed by atoms with Gasteiger partial charge in [-0.15, -0.1) is 0 Å². The average Bonchev–Trinajstić information content (AvgIpc) is 3.55. The van der Waals surface area contributed by atoms with Crippen molar-refractivity contribution < 1.29 is 28.2 Å². The van der Waals surface area contributed by atoms with Crippen LogP contribution in [0.2, 0.25) is 0 Å². The van der Waals surface area contributed by atoms with Crippen molar-refractivity contribution >= 4 is 74.9 Å². The van der Waals surface area contributed by atoms with Gasteiger partial charge < -0.3 is 30.7 Å². The van der Waals surface area contributed by atoms with Crippen molar-refractivity contribution in [2.45, 2.75) is 45.4 Å². The molecule has 2 amide bonds. The zero-order valence-corrected chi connectivity index (χ0v) is 37.3. The minimum Gasteiger partial charge on any atom is -0.496 e. The van der Waals surface area contributed by atoms with Gasteiger partial charge in [0, 0.05) is 45.6 Å². The highest BCUT2D eigenvalue weighted by Gasteiger charge is 2.27. The first-order chi connectivity index (χ1) is 31.0. The van der Waals surface area contributed by atoms with Crippen LogP contribution in [0.3, 0.4) is 0 Å². The van der Waals surface area contributed by atoms with E-state index < -0.39 is 11.8 Å². The second-order valence-electron chi connectivity index (χ2n) is 16.2. The number of hydrogen-bond acceptors (Lipinski definition) is 7. The largest absolute Gasteiger partial charge is 0.496 e. The summed E-state index contributed by atoms with van der Waals surface area (Å²) in [7, 11) is 3.00. The minimum atomic E-state index is -0.492. The number of esters is 1. The lowest BCUT2D eigenvalue weighted by Crippen LogP contribution is -2.22. The molecule has 2 aliphatic heterocycles. The molecule has 2 unspecified atom stereocenters. The minimum absolute atomic E-state index is 0.0288. The normalized spacial score (nSPS) is 15.6. The van der Waals surface area contributed by atoms with Crippen LogP contribution in [-0.4, -0.2) is 42.0 Å². The van der Waals surface area contributed by atoms with Gasteiger partial charge in [0.05, 0.1) is 35.4 Å². The van der Waals surface area contributed by atoms with E-state index in [0.29, 0.717) is 52.3 Å². The van der Waals surface area contributed by atoms with E-state index in [4.69, 9.17) is 33.9 Å². The number of amides is 2. The molecule has 12 heteroatoms. The van der Waals surface area contributed by atoms with E-state index >= 15 is 0 Å². The second kappa shape index (κ2) is 19.3. The molecule has 0 aliphatic carbocycles. The molecule has 2 aliphatic rings. The van der Waals surface area contributed by atoms with Gasteiger partial charge in [-0.1, -0.05) is 79.0 Å². The Bertz CT molecular complexity index is 2830. The molecule has 324 valence electrons. The number of methoxy groups -OCH3 is 2. The van der Waals surface area contributed by atoms with Gasteiger partial charge in [0.2, 0.25) is 0 Å². The second-order valence-corrected chi connectivity index (χ2v) is 17.1. The molecule has 0 fully saturated rings. The van der Waals surface area contributed by atoms with Crippen LogP contribution >= 0.6 is 24.4 Å². The average molecular weight is 891 g/mol. The van der Waals surface area contributed by atoms with Crippen molar-refractivity contribution in [2.75, 3.05) is 35.5 Å². The van der Waals surface area contributed by atoms with E-state index in [1.165, 1.54) is 19.2 Å². The number of para-hydroxylation sites is 1. The Morgan fingerprint density at radius 1 is 0.672 bits per heavy atom. The number of benzene rings is 6. The van der Waals surface area contributed by atoms with Crippen molar-refractivity contribution in [2.24, 2.45) is 11.8 Å². The van der Waals surface area contributed by atoms with E-state index in [1.807, 2.05) is 36.4 Å². The Labute approximate surface area is 382 Å². The van der Waals surface area contributed by atoms with Gasteiger partial charge in [0.15, 0.2) is 0 Å². The molecule has 0 aromatic heterocycles. The first-order valence-corrected chi connectivity index (χ1v) is 22.0. The van der Waals surface area contributed by atoms with E-state index in [-0.39, 0.29) is 23.7 Å². The summed E-state index contributed by atoms with van der Waals surface area (Å²) < 4.78 is 24.3. The van der Waals surface area contributed by atoms with E-state index in [1.54, 1.807) is 55.6 Å². The first-order valence-electron chi connectivity index (χ1n) is 21.2. The van der Waals surface area contributed by atoms with Gasteiger partial charge in [-0.05, 0) is 146 Å². The van der Waals surface area contributed by atoms with Crippen LogP contribution in [0.5, 0.6) is 5.75 Å². The summed E-state index contributed by atoms with van der Waals surface area (Å²) in [4.78, 5) is 40.8. The van der Waals surface area contributed by atoms with Crippen LogP contribution in [0, 0.1) is 24.6 Å². The standard InChI is InChI=1S/C52H47FN4O5S2/c1-30-22-33(17-16-32(30)23-37-20-15-31-14-19-36(28-45(31)56-50(37)63)48(58)55-43-12-7-10-41(53)29-43)44-27-40(49(59)54-42-11-6-9-39(26-42)52(60)62-3)25-35-18-21-38(51(64)57-47(35)44)24-34-8-4-5-13-46(34)61-2/h4-14,16-17,19,22,25-29,37-38H,15,18,20-21,23-24H2,1-3H3,(H,54,59)(H,55,58)(H,56,63)(H,57,64). The first kappa shape index (κ1) is 43.9. The third-order valence-corrected chi connectivity index (χ3v) is 12.9. The van der Waals surface area contributed by atoms with Crippen molar-refractivity contribution in [3.05, 3.63) is 172 Å². The number of ether oxygens (including phenoxy) is 2. The summed E-state index contributed by atoms with van der Waals surface area (Å²) in [6, 6.07) is 36.2. The zero-order valence-electron chi connectivity index (χ0n) is 35.7. The number of aryl methyl sites for hydroxylation is 3. The maximum absolute atomic E-state index is 14.0. The molecule has 0 bridgehead atoms. The summed E-state index contributed by atoms with van der Waals surface area (Å²) in [6.07, 6.45) is 4.44. The highest BCUT2D eigenvalue weighted by molar-refractivity contribution is 7.80. The summed E-state index contributed by atoms with van der Waals surface area (Å²) >= 11 is 12.1. The van der Waals surface area contributed by atoms with Gasteiger partial charge >= 0.3 is 5.97 Å². The van der Waals surface area contributed by atoms with E-state index in [2.05, 4.69) is 52.5 Å². The molecule has 6 aromatic rings. The smallest absolute Gasteiger partial charge is 0.337 e. The zero-order chi connectivity index (χ0) is 44.9. The van der Waals surface area contributed by atoms with Crippen LogP contribution in [0.25, 0.3) is 11.1 Å². The number of anilines is 4. The number of fused-ring (bicyclic) bond motifs is 2. The Hall–Kier alpha value is -6.76. The lowest BCUT2D eigenvalue weighted by atomic mass is 9.89. The topological polar surface area (TPSA) is 118 Å². The maximum atomic E-state index is 14.0. The number of hydrogen-bond donors (Lipinski definition) is 4. The van der Waals surface area contributed by atoms with Crippen molar-refractivity contribution in [1.82, 2.24) is 0 Å². The highest BCUT2D eigenvalue weighted by Crippen LogP contribution is 2.39. The molecule has 0 saturated heterocycles. The predicted molar refractivity (Wildman–Crippen MR) is 260 cm³/mol. The summed E-state index contributed by atoms with van der Waals surface area (Å²) in [5, 5.41) is 12.8. The molecule has 0 saturated carbocycles. The molecule has 0 radical (unpaired) electrons. The van der Waals surface area contributed by atoms with Gasteiger partial charge in [-0.25, -0.2) is 9.18 Å². The molecule has 2 atom stereocenters. The van der Waals surface area contributed by atoms with Crippen LogP contribution in [-0.2, 0) is 30.4 Å². The van der Waals surface area contributed by atoms with Gasteiger partial charge in [-0.3, -0.25) is 9.59 Å². The number of nitrogens with one attached hydrogen (secondary N) is 4. The maximum Gasteiger partial charge on any atom is 0.337 e. The molecule has 0 spiro atoms. The lowest BCUT2D eigenvalue weighted by molar-refractivity contribution is 0.0600. The molecule has 6 aromatic carbocycles. The van der Waals surface area contributed by atoms with Gasteiger partial charge in [-0.2, -0.15) is 0 Å². The van der Waals surface area contributed by atoms with Crippen LogP contribution in [0.1, 0.15) is 71.7 Å². The molecule has 8 rings (SSSR count). The molecule has 64 heavy (non-hydrogen) atoms. The fourth-order valence-electron chi connectivity index (χ4n) is 8.54. The fourth-order valence-corrected chi connectivity index (χ4v) is 9.15. The number of carbonyl (C=O) groups excluding carboxylic acids is 3. The van der Waals surface area contributed by atoms with Crippen LogP contribution in [0.4, 0.5) is 27.1 Å². The fraction of sp³-hybridized carbons (Fsp3) is 0.212. The Balaban J connectivity index is 1.05. The molecule has 2 heterocycles. The lowest BCUT2D eigenvalue weighted by Gasteiger charge is -2.21. The summed E-state index contributed by atoms with van der Waals surface area (Å²) in [5.41, 5.74) is 10.9. The predicted octanol–water partition coefficient (Wildman–Crippen LogP) is 11.2. The third kappa shape index (κ3) is 9.88. The van der Waals surface area contributed by atoms with Gasteiger partial charge in [0.25, 0.3) is 11.8 Å². The summed E-state index contributed by atoms with van der Waals surface area (Å²) in [6.45, 7) is 2.09. The SMILES string of the molecule is COC(=O)c1cccc(NC(=O)c2cc3c(c(-c4ccc(CC5CCc6ccc(C(=O)Nc7cccc(F)c7)cc6NC5=S)c(C)c4)c2)NC(=S)C(Cc2ccccc2OC)CC3)c1. The Kier molecular flexibility index (Phi) is 13.2. The third-order valence-electron chi connectivity index (χ3n) is 12.0. The van der Waals surface area contributed by atoms with Crippen molar-refractivity contribution in [3.8, 4) is 16.9 Å². The number of halogens is 1. The molecule has 9 nitrogen and oxygen atoms in total. The van der Waals surface area contributed by atoms with Crippen LogP contribution < -0.4 is 26.0 Å². The summed E-state index contributed by atoms with van der Waals surface area (Å²) in [5.74, 6) is -0.681. The molecular formula is C52H47FN4O5S2. The highest BCUT2D eigenvalue weighted by atomic mass is 32.1. The Morgan fingerprint density at radius 2 is 1.36 bits per heavy atom. The van der Waals surface area contributed by atoms with Crippen molar-refractivity contribution in [1.29, 1.82) is 0 Å². The molecule has 4 N–H and O–H groups in total. The quantitative estimate of drug-likeness (QED) is 0.0745. The Morgan fingerprint density at radius 3 is 2.09 bits per heavy atom. The van der Waals surface area contributed by atoms with Gasteiger partial charge in [0.1, 0.15) is 11.6 Å². The van der Waals surface area contributed by atoms with Crippen molar-refractivity contribution in [3.63, 3.8) is 0 Å². The number of rotatable bonds is 11. The number of carbonyl (C=O) groups is 3. The van der Waals surface area contributed by atoms with E-state index in [0.717, 1.165) is 80.3 Å².